The Labute approximate surface area is 170 Å². The highest BCUT2D eigenvalue weighted by molar-refractivity contribution is 6.30. The van der Waals surface area contributed by atoms with Gasteiger partial charge in [0, 0.05) is 11.1 Å². The Morgan fingerprint density at radius 1 is 1.24 bits per heavy atom. The summed E-state index contributed by atoms with van der Waals surface area (Å²) in [5.41, 5.74) is -0.444. The molecule has 0 bridgehead atoms. The molecule has 150 valence electrons. The van der Waals surface area contributed by atoms with Crippen LogP contribution >= 0.6 is 11.6 Å². The van der Waals surface area contributed by atoms with Crippen molar-refractivity contribution in [3.8, 4) is 0 Å². The summed E-state index contributed by atoms with van der Waals surface area (Å²) >= 11 is 5.87. The van der Waals surface area contributed by atoms with Crippen molar-refractivity contribution in [1.29, 1.82) is 0 Å². The predicted molar refractivity (Wildman–Crippen MR) is 106 cm³/mol. The van der Waals surface area contributed by atoms with Crippen LogP contribution in [-0.2, 0) is 15.1 Å². The zero-order valence-electron chi connectivity index (χ0n) is 15.6. The summed E-state index contributed by atoms with van der Waals surface area (Å²) in [4.78, 5) is 48.9. The summed E-state index contributed by atoms with van der Waals surface area (Å²) in [6, 6.07) is 9.99. The predicted octanol–water partition coefficient (Wildman–Crippen LogP) is 2.96. The molecule has 10 heteroatoms. The molecule has 0 unspecified atom stereocenters. The Morgan fingerprint density at radius 2 is 1.90 bits per heavy atom. The molecule has 2 aromatic carbocycles. The van der Waals surface area contributed by atoms with E-state index in [-0.39, 0.29) is 16.9 Å². The highest BCUT2D eigenvalue weighted by Gasteiger charge is 2.49. The van der Waals surface area contributed by atoms with Crippen LogP contribution < -0.4 is 10.6 Å². The normalized spacial score (nSPS) is 18.5. The molecule has 4 amide bonds. The molecule has 9 nitrogen and oxygen atoms in total. The lowest BCUT2D eigenvalue weighted by Crippen LogP contribution is -2.42. The molecule has 0 aromatic heterocycles. The number of urea groups is 1. The highest BCUT2D eigenvalue weighted by atomic mass is 35.5. The lowest BCUT2D eigenvalue weighted by Gasteiger charge is -2.22. The van der Waals surface area contributed by atoms with Crippen molar-refractivity contribution in [3.63, 3.8) is 0 Å². The quantitative estimate of drug-likeness (QED) is 0.441. The Balaban J connectivity index is 1.77. The number of halogens is 1. The van der Waals surface area contributed by atoms with Gasteiger partial charge in [0.05, 0.1) is 16.2 Å². The average molecular weight is 417 g/mol. The van der Waals surface area contributed by atoms with Crippen molar-refractivity contribution in [3.05, 3.63) is 68.7 Å². The molecule has 1 atom stereocenters. The standard InChI is InChI=1S/C19H17ClN4O5/c1-11-14(4-3-5-15(11)24(28)29)21-16(25)10-23-17(26)19(2,22-18(23)27)12-6-8-13(20)9-7-12/h3-9H,10H2,1-2H3,(H,21,25)(H,22,27)/t19-/m0/s1. The summed E-state index contributed by atoms with van der Waals surface area (Å²) in [7, 11) is 0. The maximum Gasteiger partial charge on any atom is 0.325 e. The minimum Gasteiger partial charge on any atom is -0.324 e. The summed E-state index contributed by atoms with van der Waals surface area (Å²) in [6.45, 7) is 2.51. The van der Waals surface area contributed by atoms with E-state index in [0.717, 1.165) is 4.90 Å². The molecule has 1 aliphatic heterocycles. The fourth-order valence-electron chi connectivity index (χ4n) is 3.11. The number of anilines is 1. The van der Waals surface area contributed by atoms with Gasteiger partial charge in [-0.15, -0.1) is 0 Å². The van der Waals surface area contributed by atoms with Gasteiger partial charge in [0.25, 0.3) is 11.6 Å². The molecule has 0 aliphatic carbocycles. The van der Waals surface area contributed by atoms with Crippen LogP contribution in [0.25, 0.3) is 0 Å². The second kappa shape index (κ2) is 7.51. The van der Waals surface area contributed by atoms with Crippen LogP contribution in [0.1, 0.15) is 18.1 Å². The van der Waals surface area contributed by atoms with E-state index < -0.39 is 34.9 Å². The molecular formula is C19H17ClN4O5. The number of nitrogens with zero attached hydrogens (tertiary/aromatic N) is 2. The van der Waals surface area contributed by atoms with E-state index in [1.807, 2.05) is 0 Å². The third-order valence-electron chi connectivity index (χ3n) is 4.77. The van der Waals surface area contributed by atoms with Crippen LogP contribution in [0.15, 0.2) is 42.5 Å². The Hall–Kier alpha value is -3.46. The van der Waals surface area contributed by atoms with Crippen molar-refractivity contribution in [2.45, 2.75) is 19.4 Å². The minimum absolute atomic E-state index is 0.145. The first-order chi connectivity index (χ1) is 13.6. The number of hydrogen-bond acceptors (Lipinski definition) is 5. The van der Waals surface area contributed by atoms with E-state index >= 15 is 0 Å². The van der Waals surface area contributed by atoms with Gasteiger partial charge in [-0.05, 0) is 37.6 Å². The largest absolute Gasteiger partial charge is 0.325 e. The lowest BCUT2D eigenvalue weighted by atomic mass is 9.92. The fourth-order valence-corrected chi connectivity index (χ4v) is 3.24. The molecule has 1 aliphatic rings. The molecule has 0 saturated carbocycles. The lowest BCUT2D eigenvalue weighted by molar-refractivity contribution is -0.385. The molecule has 0 radical (unpaired) electrons. The fraction of sp³-hybridized carbons (Fsp3) is 0.211. The zero-order valence-corrected chi connectivity index (χ0v) is 16.3. The molecule has 29 heavy (non-hydrogen) atoms. The topological polar surface area (TPSA) is 122 Å². The van der Waals surface area contributed by atoms with Crippen LogP contribution in [0.5, 0.6) is 0 Å². The van der Waals surface area contributed by atoms with Gasteiger partial charge < -0.3 is 10.6 Å². The van der Waals surface area contributed by atoms with E-state index in [0.29, 0.717) is 10.6 Å². The van der Waals surface area contributed by atoms with Gasteiger partial charge in [0.15, 0.2) is 0 Å². The number of hydrogen-bond donors (Lipinski definition) is 2. The molecule has 3 rings (SSSR count). The number of nitrogens with one attached hydrogen (secondary N) is 2. The minimum atomic E-state index is -1.33. The summed E-state index contributed by atoms with van der Waals surface area (Å²) in [5.74, 6) is -1.24. The SMILES string of the molecule is Cc1c(NC(=O)CN2C(=O)N[C@@](C)(c3ccc(Cl)cc3)C2=O)cccc1[N+](=O)[O-]. The molecule has 2 N–H and O–H groups in total. The van der Waals surface area contributed by atoms with E-state index in [1.165, 1.54) is 25.1 Å². The van der Waals surface area contributed by atoms with E-state index in [2.05, 4.69) is 10.6 Å². The second-order valence-electron chi connectivity index (χ2n) is 6.71. The van der Waals surface area contributed by atoms with Crippen LogP contribution in [-0.4, -0.2) is 34.2 Å². The Bertz CT molecular complexity index is 1020. The van der Waals surface area contributed by atoms with Gasteiger partial charge in [-0.3, -0.25) is 24.6 Å². The summed E-state index contributed by atoms with van der Waals surface area (Å²) in [6.07, 6.45) is 0. The van der Waals surface area contributed by atoms with Crippen molar-refractivity contribution in [2.24, 2.45) is 0 Å². The Morgan fingerprint density at radius 3 is 2.52 bits per heavy atom. The van der Waals surface area contributed by atoms with Gasteiger partial charge in [0.1, 0.15) is 12.1 Å². The maximum atomic E-state index is 12.9. The Kier molecular flexibility index (Phi) is 5.25. The average Bonchev–Trinajstić information content (AvgIpc) is 2.87. The van der Waals surface area contributed by atoms with Crippen LogP contribution in [0, 0.1) is 17.0 Å². The number of imide groups is 1. The number of carbonyl (C=O) groups excluding carboxylic acids is 3. The second-order valence-corrected chi connectivity index (χ2v) is 7.14. The van der Waals surface area contributed by atoms with Crippen molar-refractivity contribution >= 4 is 40.8 Å². The van der Waals surface area contributed by atoms with Crippen molar-refractivity contribution in [2.75, 3.05) is 11.9 Å². The van der Waals surface area contributed by atoms with Crippen molar-refractivity contribution in [1.82, 2.24) is 10.2 Å². The molecule has 1 saturated heterocycles. The van der Waals surface area contributed by atoms with Crippen molar-refractivity contribution < 1.29 is 19.3 Å². The highest BCUT2D eigenvalue weighted by Crippen LogP contribution is 2.30. The van der Waals surface area contributed by atoms with E-state index in [9.17, 15) is 24.5 Å². The summed E-state index contributed by atoms with van der Waals surface area (Å²) < 4.78 is 0. The van der Waals surface area contributed by atoms with Crippen LogP contribution in [0.4, 0.5) is 16.2 Å². The first-order valence-corrected chi connectivity index (χ1v) is 8.95. The smallest absolute Gasteiger partial charge is 0.324 e. The summed E-state index contributed by atoms with van der Waals surface area (Å²) in [5, 5.41) is 16.6. The zero-order chi connectivity index (χ0) is 21.3. The van der Waals surface area contributed by atoms with Crippen LogP contribution in [0.3, 0.4) is 0 Å². The first kappa shape index (κ1) is 20.3. The number of carbonyl (C=O) groups is 3. The number of nitro groups is 1. The maximum absolute atomic E-state index is 12.9. The molecule has 1 fully saturated rings. The third kappa shape index (κ3) is 3.77. The third-order valence-corrected chi connectivity index (χ3v) is 5.03. The van der Waals surface area contributed by atoms with Crippen LogP contribution in [0.2, 0.25) is 5.02 Å². The van der Waals surface area contributed by atoms with E-state index in [4.69, 9.17) is 11.6 Å². The first-order valence-electron chi connectivity index (χ1n) is 8.57. The monoisotopic (exact) mass is 416 g/mol. The molecular weight excluding hydrogens is 400 g/mol. The number of nitro benzene ring substituents is 1. The molecule has 1 heterocycles. The van der Waals surface area contributed by atoms with Gasteiger partial charge in [0.2, 0.25) is 5.91 Å². The number of amides is 4. The van der Waals surface area contributed by atoms with Gasteiger partial charge in [-0.25, -0.2) is 4.79 Å². The van der Waals surface area contributed by atoms with Gasteiger partial charge in [-0.1, -0.05) is 29.8 Å². The number of rotatable bonds is 5. The number of benzene rings is 2. The van der Waals surface area contributed by atoms with Gasteiger partial charge >= 0.3 is 6.03 Å². The van der Waals surface area contributed by atoms with Gasteiger partial charge in [-0.2, -0.15) is 0 Å². The molecule has 2 aromatic rings. The molecule has 0 spiro atoms. The van der Waals surface area contributed by atoms with E-state index in [1.54, 1.807) is 31.2 Å².